The molecule has 1 aliphatic rings. The fourth-order valence-corrected chi connectivity index (χ4v) is 2.56. The molecule has 72 valence electrons. The van der Waals surface area contributed by atoms with E-state index in [0.29, 0.717) is 6.10 Å². The number of ether oxygens (including phenoxy) is 1. The van der Waals surface area contributed by atoms with Crippen molar-refractivity contribution in [3.8, 4) is 0 Å². The first-order valence-electron chi connectivity index (χ1n) is 4.98. The Kier molecular flexibility index (Phi) is 3.91. The molecule has 0 amide bonds. The van der Waals surface area contributed by atoms with Crippen molar-refractivity contribution in [2.45, 2.75) is 51.7 Å². The van der Waals surface area contributed by atoms with E-state index in [0.717, 1.165) is 0 Å². The predicted molar refractivity (Wildman–Crippen MR) is 55.8 cm³/mol. The number of rotatable bonds is 6. The molecule has 2 unspecified atom stereocenters. The van der Waals surface area contributed by atoms with E-state index in [-0.39, 0.29) is 5.60 Å². The van der Waals surface area contributed by atoms with Gasteiger partial charge < -0.3 is 4.74 Å². The lowest BCUT2D eigenvalue weighted by Gasteiger charge is -2.04. The van der Waals surface area contributed by atoms with Crippen molar-refractivity contribution >= 4 is 11.8 Å². The largest absolute Gasteiger partial charge is 0.365 e. The van der Waals surface area contributed by atoms with E-state index in [1.807, 2.05) is 11.8 Å². The third kappa shape index (κ3) is 2.67. The molecule has 0 spiro atoms. The van der Waals surface area contributed by atoms with Gasteiger partial charge in [0.2, 0.25) is 0 Å². The second kappa shape index (κ2) is 4.52. The molecule has 1 heterocycles. The lowest BCUT2D eigenvalue weighted by molar-refractivity contribution is 0.322. The summed E-state index contributed by atoms with van der Waals surface area (Å²) in [6.07, 6.45) is 4.33. The molecule has 1 fully saturated rings. The highest BCUT2D eigenvalue weighted by atomic mass is 32.2. The molecule has 1 aliphatic heterocycles. The zero-order valence-corrected chi connectivity index (χ0v) is 9.25. The Balaban J connectivity index is 2.08. The molecule has 1 nitrogen and oxygen atoms in total. The second-order valence-electron chi connectivity index (χ2n) is 3.76. The van der Waals surface area contributed by atoms with Crippen molar-refractivity contribution in [1.29, 1.82) is 0 Å². The highest BCUT2D eigenvalue weighted by Gasteiger charge is 2.50. The Morgan fingerprint density at radius 1 is 1.33 bits per heavy atom. The van der Waals surface area contributed by atoms with Crippen LogP contribution in [0.25, 0.3) is 0 Å². The van der Waals surface area contributed by atoms with E-state index >= 15 is 0 Å². The van der Waals surface area contributed by atoms with Crippen LogP contribution in [-0.4, -0.2) is 23.2 Å². The Labute approximate surface area is 80.3 Å². The van der Waals surface area contributed by atoms with Crippen molar-refractivity contribution in [2.75, 3.05) is 11.5 Å². The summed E-state index contributed by atoms with van der Waals surface area (Å²) >= 11 is 2.03. The minimum Gasteiger partial charge on any atom is -0.365 e. The smallest absolute Gasteiger partial charge is 0.101 e. The molecule has 0 N–H and O–H groups in total. The van der Waals surface area contributed by atoms with Gasteiger partial charge >= 0.3 is 0 Å². The molecular formula is C10H20OS. The van der Waals surface area contributed by atoms with Gasteiger partial charge in [-0.1, -0.05) is 20.3 Å². The van der Waals surface area contributed by atoms with Crippen LogP contribution in [0.2, 0.25) is 0 Å². The number of hydrogen-bond donors (Lipinski definition) is 0. The molecule has 0 bridgehead atoms. The summed E-state index contributed by atoms with van der Waals surface area (Å²) in [5.74, 6) is 2.46. The van der Waals surface area contributed by atoms with Crippen LogP contribution in [0, 0.1) is 0 Å². The van der Waals surface area contributed by atoms with Crippen LogP contribution in [0.3, 0.4) is 0 Å². The second-order valence-corrected chi connectivity index (χ2v) is 4.87. The molecule has 0 aromatic rings. The van der Waals surface area contributed by atoms with Crippen molar-refractivity contribution in [2.24, 2.45) is 0 Å². The summed E-state index contributed by atoms with van der Waals surface area (Å²) in [5.41, 5.74) is 0.232. The lowest BCUT2D eigenvalue weighted by Crippen LogP contribution is -2.13. The van der Waals surface area contributed by atoms with Gasteiger partial charge in [0.15, 0.2) is 0 Å². The van der Waals surface area contributed by atoms with Crippen LogP contribution >= 0.6 is 11.8 Å². The molecule has 0 radical (unpaired) electrons. The summed E-state index contributed by atoms with van der Waals surface area (Å²) in [6.45, 7) is 6.70. The third-order valence-corrected chi connectivity index (χ3v) is 3.80. The molecule has 0 saturated carbocycles. The summed E-state index contributed by atoms with van der Waals surface area (Å²) in [4.78, 5) is 0. The first-order valence-corrected chi connectivity index (χ1v) is 6.14. The van der Waals surface area contributed by atoms with Crippen LogP contribution in [0.15, 0.2) is 0 Å². The van der Waals surface area contributed by atoms with Gasteiger partial charge in [0.05, 0.1) is 6.10 Å². The first kappa shape index (κ1) is 10.4. The van der Waals surface area contributed by atoms with Gasteiger partial charge in [-0.05, 0) is 25.5 Å². The van der Waals surface area contributed by atoms with Gasteiger partial charge in [0.25, 0.3) is 0 Å². The maximum Gasteiger partial charge on any atom is 0.101 e. The number of hydrogen-bond acceptors (Lipinski definition) is 2. The molecular weight excluding hydrogens is 168 g/mol. The molecule has 2 atom stereocenters. The summed E-state index contributed by atoms with van der Waals surface area (Å²) in [5, 5.41) is 0. The Morgan fingerprint density at radius 2 is 2.08 bits per heavy atom. The summed E-state index contributed by atoms with van der Waals surface area (Å²) in [7, 11) is 0. The average molecular weight is 188 g/mol. The molecule has 1 saturated heterocycles. The predicted octanol–water partition coefficient (Wildman–Crippen LogP) is 3.09. The van der Waals surface area contributed by atoms with Crippen LogP contribution < -0.4 is 0 Å². The van der Waals surface area contributed by atoms with Crippen LogP contribution in [-0.2, 0) is 4.74 Å². The van der Waals surface area contributed by atoms with Crippen molar-refractivity contribution in [3.05, 3.63) is 0 Å². The maximum absolute atomic E-state index is 5.67. The van der Waals surface area contributed by atoms with Gasteiger partial charge in [0, 0.05) is 5.75 Å². The van der Waals surface area contributed by atoms with Crippen molar-refractivity contribution < 1.29 is 4.74 Å². The quantitative estimate of drug-likeness (QED) is 0.469. The minimum atomic E-state index is 0.232. The monoisotopic (exact) mass is 188 g/mol. The van der Waals surface area contributed by atoms with E-state index in [9.17, 15) is 0 Å². The van der Waals surface area contributed by atoms with Crippen molar-refractivity contribution in [1.82, 2.24) is 0 Å². The zero-order valence-electron chi connectivity index (χ0n) is 8.43. The van der Waals surface area contributed by atoms with Crippen molar-refractivity contribution in [3.63, 3.8) is 0 Å². The van der Waals surface area contributed by atoms with Gasteiger partial charge in [-0.25, -0.2) is 0 Å². The van der Waals surface area contributed by atoms with Crippen LogP contribution in [0.5, 0.6) is 0 Å². The minimum absolute atomic E-state index is 0.232. The molecule has 0 aromatic heterocycles. The van der Waals surface area contributed by atoms with Crippen LogP contribution in [0.1, 0.15) is 40.0 Å². The van der Waals surface area contributed by atoms with Gasteiger partial charge in [-0.2, -0.15) is 11.8 Å². The van der Waals surface area contributed by atoms with Crippen LogP contribution in [0.4, 0.5) is 0 Å². The van der Waals surface area contributed by atoms with E-state index in [4.69, 9.17) is 4.74 Å². The summed E-state index contributed by atoms with van der Waals surface area (Å²) in [6, 6.07) is 0. The standard InChI is InChI=1S/C10H20OS/c1-4-6-9-10(3,11-9)8-12-7-5-2/h9H,4-8H2,1-3H3. The first-order chi connectivity index (χ1) is 5.73. The Morgan fingerprint density at radius 3 is 2.67 bits per heavy atom. The maximum atomic E-state index is 5.67. The molecule has 0 aliphatic carbocycles. The van der Waals surface area contributed by atoms with Gasteiger partial charge in [-0.3, -0.25) is 0 Å². The third-order valence-electron chi connectivity index (χ3n) is 2.32. The average Bonchev–Trinajstić information content (AvgIpc) is 2.64. The van der Waals surface area contributed by atoms with E-state index in [2.05, 4.69) is 20.8 Å². The molecule has 12 heavy (non-hydrogen) atoms. The molecule has 2 heteroatoms. The lowest BCUT2D eigenvalue weighted by atomic mass is 10.1. The van der Waals surface area contributed by atoms with Gasteiger partial charge in [-0.15, -0.1) is 0 Å². The highest BCUT2D eigenvalue weighted by Crippen LogP contribution is 2.41. The van der Waals surface area contributed by atoms with E-state index in [1.54, 1.807) is 0 Å². The Bertz CT molecular complexity index is 138. The van der Waals surface area contributed by atoms with E-state index in [1.165, 1.54) is 30.8 Å². The fraction of sp³-hybridized carbons (Fsp3) is 1.00. The number of thioether (sulfide) groups is 1. The van der Waals surface area contributed by atoms with E-state index < -0.39 is 0 Å². The fourth-order valence-electron chi connectivity index (χ4n) is 1.46. The topological polar surface area (TPSA) is 12.5 Å². The van der Waals surface area contributed by atoms with Gasteiger partial charge in [0.1, 0.15) is 5.60 Å². The number of epoxide rings is 1. The molecule has 1 rings (SSSR count). The zero-order chi connectivity index (χ0) is 9.03. The highest BCUT2D eigenvalue weighted by molar-refractivity contribution is 7.99. The summed E-state index contributed by atoms with van der Waals surface area (Å²) < 4.78 is 5.67. The Hall–Kier alpha value is 0.310. The molecule has 0 aromatic carbocycles. The normalized spacial score (nSPS) is 33.8. The SMILES string of the molecule is CCCSCC1(C)OC1CCC.